The molecule has 10 rings (SSSR count). The molecule has 4 nitrogen and oxygen atoms in total. The lowest BCUT2D eigenvalue weighted by atomic mass is 9.79. The van der Waals surface area contributed by atoms with Crippen molar-refractivity contribution < 1.29 is 19.5 Å². The Hall–Kier alpha value is -6.22. The first-order chi connectivity index (χ1) is 27.1. The summed E-state index contributed by atoms with van der Waals surface area (Å²) in [5, 5.41) is 30.1. The van der Waals surface area contributed by atoms with E-state index in [1.54, 1.807) is 6.07 Å². The molecule has 8 aromatic rings. The number of benzene rings is 8. The van der Waals surface area contributed by atoms with E-state index in [9.17, 15) is 10.0 Å². The predicted molar refractivity (Wildman–Crippen MR) is 230 cm³/mol. The topological polar surface area (TPSA) is 58.9 Å². The largest absolute Gasteiger partial charge is 0.492 e. The predicted octanol–water partition coefficient (Wildman–Crippen LogP) is 4.02. The molecule has 0 aliphatic carbocycles. The molecule has 0 saturated carbocycles. The Morgan fingerprint density at radius 1 is 0.309 bits per heavy atom. The van der Waals surface area contributed by atoms with Crippen molar-refractivity contribution in [2.45, 2.75) is 0 Å². The van der Waals surface area contributed by atoms with E-state index in [4.69, 9.17) is 9.47 Å². The van der Waals surface area contributed by atoms with Crippen LogP contribution in [0.1, 0.15) is 0 Å². The highest BCUT2D eigenvalue weighted by molar-refractivity contribution is 7.21. The van der Waals surface area contributed by atoms with Gasteiger partial charge in [-0.25, -0.2) is 0 Å². The van der Waals surface area contributed by atoms with Crippen molar-refractivity contribution in [2.24, 2.45) is 0 Å². The molecule has 0 saturated heterocycles. The van der Waals surface area contributed by atoms with E-state index in [0.29, 0.717) is 11.2 Å². The van der Waals surface area contributed by atoms with Crippen molar-refractivity contribution in [3.63, 3.8) is 0 Å². The zero-order valence-corrected chi connectivity index (χ0v) is 32.0. The Bertz CT molecular complexity index is 2460. The van der Waals surface area contributed by atoms with Crippen LogP contribution in [0.25, 0.3) is 0 Å². The maximum Gasteiger partial charge on any atom is 0.492 e. The summed E-state index contributed by atoms with van der Waals surface area (Å²) in [5.41, 5.74) is 0.390. The highest BCUT2D eigenvalue weighted by Crippen LogP contribution is 2.30. The Kier molecular flexibility index (Phi) is 9.14. The molecule has 0 bridgehead atoms. The number of fused-ring (bicyclic) bond motifs is 4. The van der Waals surface area contributed by atoms with Gasteiger partial charge in [-0.15, -0.1) is 0 Å². The first-order valence-corrected chi connectivity index (χ1v) is 22.5. The summed E-state index contributed by atoms with van der Waals surface area (Å²) in [6.45, 7) is 0. The van der Waals surface area contributed by atoms with Gasteiger partial charge in [0.15, 0.2) is 16.1 Å². The summed E-state index contributed by atoms with van der Waals surface area (Å²) in [6.07, 6.45) is 0. The third-order valence-corrected chi connectivity index (χ3v) is 20.5. The van der Waals surface area contributed by atoms with Crippen molar-refractivity contribution in [2.75, 3.05) is 0 Å². The van der Waals surface area contributed by atoms with Gasteiger partial charge in [-0.3, -0.25) is 0 Å². The number of ether oxygens (including phenoxy) is 2. The van der Waals surface area contributed by atoms with Crippen molar-refractivity contribution in [3.8, 4) is 23.0 Å². The maximum absolute atomic E-state index is 10.0. The molecule has 0 spiro atoms. The average molecular weight is 745 g/mol. The molecular formula is C48H37BO4Si2. The van der Waals surface area contributed by atoms with E-state index in [1.807, 2.05) is 36.4 Å². The van der Waals surface area contributed by atoms with Crippen molar-refractivity contribution in [1.29, 1.82) is 0 Å². The van der Waals surface area contributed by atoms with Gasteiger partial charge >= 0.3 is 7.12 Å². The van der Waals surface area contributed by atoms with Gasteiger partial charge in [0.1, 0.15) is 23.0 Å². The SMILES string of the molecule is OB(O)c1cccc2c1Oc1ccccc1[Si]2(c1ccccc1)c1ccccc1.c1ccc([Si]2(c3ccccc3)c3ccccc3Oc3ccccc32)cc1. The van der Waals surface area contributed by atoms with Gasteiger partial charge in [0.2, 0.25) is 0 Å². The normalized spacial score (nSPS) is 13.9. The molecule has 2 aliphatic heterocycles. The van der Waals surface area contributed by atoms with E-state index >= 15 is 0 Å². The second-order valence-electron chi connectivity index (χ2n) is 13.8. The van der Waals surface area contributed by atoms with Crippen LogP contribution in [-0.2, 0) is 0 Å². The molecule has 0 atom stereocenters. The summed E-state index contributed by atoms with van der Waals surface area (Å²) in [6, 6.07) is 73.7. The molecule has 0 amide bonds. The smallest absolute Gasteiger partial charge is 0.458 e. The number of rotatable bonds is 5. The fourth-order valence-corrected chi connectivity index (χ4v) is 18.5. The maximum atomic E-state index is 10.0. The first-order valence-electron chi connectivity index (χ1n) is 18.5. The fraction of sp³-hybridized carbons (Fsp3) is 0. The molecule has 0 radical (unpaired) electrons. The molecule has 0 unspecified atom stereocenters. The molecule has 2 N–H and O–H groups in total. The fourth-order valence-electron chi connectivity index (χ4n) is 8.61. The lowest BCUT2D eigenvalue weighted by Gasteiger charge is -2.40. The lowest BCUT2D eigenvalue weighted by Crippen LogP contribution is -2.76. The highest BCUT2D eigenvalue weighted by atomic mass is 28.3. The Labute approximate surface area is 323 Å². The van der Waals surface area contributed by atoms with Gasteiger partial charge in [0, 0.05) is 5.46 Å². The molecule has 7 heteroatoms. The second kappa shape index (κ2) is 14.5. The molecule has 0 aromatic heterocycles. The van der Waals surface area contributed by atoms with Crippen LogP contribution in [0.4, 0.5) is 0 Å². The number of hydrogen-bond acceptors (Lipinski definition) is 4. The third kappa shape index (κ3) is 5.68. The molecule has 264 valence electrons. The first kappa shape index (κ1) is 34.5. The zero-order valence-electron chi connectivity index (χ0n) is 30.0. The minimum Gasteiger partial charge on any atom is -0.458 e. The molecule has 0 fully saturated rings. The Balaban J connectivity index is 0.000000145. The number of hydrogen-bond donors (Lipinski definition) is 2. The molecular weight excluding hydrogens is 708 g/mol. The highest BCUT2D eigenvalue weighted by Gasteiger charge is 2.49. The minimum atomic E-state index is -2.70. The van der Waals surface area contributed by atoms with Crippen molar-refractivity contribution >= 4 is 70.2 Å². The average Bonchev–Trinajstić information content (AvgIpc) is 3.26. The monoisotopic (exact) mass is 744 g/mol. The second-order valence-corrected chi connectivity index (χ2v) is 21.2. The van der Waals surface area contributed by atoms with Gasteiger partial charge in [0.05, 0.1) is 0 Å². The van der Waals surface area contributed by atoms with E-state index in [1.165, 1.54) is 31.1 Å². The molecule has 55 heavy (non-hydrogen) atoms. The van der Waals surface area contributed by atoms with Crippen LogP contribution in [0.15, 0.2) is 212 Å². The molecule has 2 heterocycles. The quantitative estimate of drug-likeness (QED) is 0.262. The lowest BCUT2D eigenvalue weighted by molar-refractivity contribution is 0.421. The standard InChI is InChI=1S/C24H19BO3Si.C24H18OSi/c26-25(27)20-14-9-17-23-24(20)28-21-15-7-8-16-22(21)29(23,18-10-3-1-4-11-18)19-12-5-2-6-13-19;1-3-11-19(12-4-1)26(20-13-5-2-6-14-20)23-17-9-7-15-21(23)25-22-16-8-10-18-24(22)26/h1-17,26-27H;1-18H. The van der Waals surface area contributed by atoms with Crippen LogP contribution in [0.3, 0.4) is 0 Å². The zero-order chi connectivity index (χ0) is 37.2. The van der Waals surface area contributed by atoms with Crippen LogP contribution < -0.4 is 56.4 Å². The van der Waals surface area contributed by atoms with Crippen molar-refractivity contribution in [1.82, 2.24) is 0 Å². The van der Waals surface area contributed by atoms with Gasteiger partial charge in [-0.05, 0) is 59.7 Å². The molecule has 2 aliphatic rings. The van der Waals surface area contributed by atoms with E-state index in [-0.39, 0.29) is 0 Å². The third-order valence-electron chi connectivity index (χ3n) is 10.9. The summed E-state index contributed by atoms with van der Waals surface area (Å²) < 4.78 is 12.6. The van der Waals surface area contributed by atoms with E-state index in [0.717, 1.165) is 27.6 Å². The number of para-hydroxylation sites is 4. The minimum absolute atomic E-state index is 0.390. The van der Waals surface area contributed by atoms with Crippen LogP contribution in [0.2, 0.25) is 0 Å². The van der Waals surface area contributed by atoms with Crippen LogP contribution in [0.5, 0.6) is 23.0 Å². The summed E-state index contributed by atoms with van der Waals surface area (Å²) in [4.78, 5) is 0. The van der Waals surface area contributed by atoms with Crippen LogP contribution in [-0.4, -0.2) is 33.3 Å². The Morgan fingerprint density at radius 3 is 1.00 bits per heavy atom. The van der Waals surface area contributed by atoms with Crippen molar-refractivity contribution in [3.05, 3.63) is 212 Å². The van der Waals surface area contributed by atoms with E-state index in [2.05, 4.69) is 170 Å². The van der Waals surface area contributed by atoms with Crippen LogP contribution >= 0.6 is 0 Å². The van der Waals surface area contributed by atoms with Crippen LogP contribution in [0, 0.1) is 0 Å². The summed E-state index contributed by atoms with van der Waals surface area (Å²) in [5.74, 6) is 3.28. The van der Waals surface area contributed by atoms with Gasteiger partial charge < -0.3 is 19.5 Å². The Morgan fingerprint density at radius 2 is 0.618 bits per heavy atom. The molecule has 8 aromatic carbocycles. The van der Waals surface area contributed by atoms with Gasteiger partial charge in [-0.2, -0.15) is 0 Å². The van der Waals surface area contributed by atoms with Gasteiger partial charge in [0.25, 0.3) is 0 Å². The summed E-state index contributed by atoms with van der Waals surface area (Å²) >= 11 is 0. The van der Waals surface area contributed by atoms with Gasteiger partial charge in [-0.1, -0.05) is 194 Å². The summed E-state index contributed by atoms with van der Waals surface area (Å²) in [7, 11) is -6.71. The van der Waals surface area contributed by atoms with E-state index < -0.39 is 23.3 Å².